The molecule has 1 fully saturated rings. The first kappa shape index (κ1) is 20.0. The number of carbonyl (C=O) groups is 1. The van der Waals surface area contributed by atoms with E-state index in [-0.39, 0.29) is 18.0 Å². The first-order valence-electron chi connectivity index (χ1n) is 7.73. The van der Waals surface area contributed by atoms with Crippen molar-refractivity contribution < 1.29 is 26.4 Å². The molecule has 0 radical (unpaired) electrons. The minimum Gasteiger partial charge on any atom is -0.325 e. The fourth-order valence-electron chi connectivity index (χ4n) is 2.76. The lowest BCUT2D eigenvalue weighted by atomic mass is 10.1. The molecule has 1 aliphatic heterocycles. The van der Waals surface area contributed by atoms with Crippen LogP contribution in [0.3, 0.4) is 0 Å². The van der Waals surface area contributed by atoms with Gasteiger partial charge in [-0.2, -0.15) is 17.5 Å². The largest absolute Gasteiger partial charge is 0.417 e. The number of carbonyl (C=O) groups excluding carboxylic acids is 1. The third-order valence-corrected chi connectivity index (χ3v) is 6.27. The van der Waals surface area contributed by atoms with E-state index in [0.717, 1.165) is 16.4 Å². The van der Waals surface area contributed by atoms with Crippen molar-refractivity contribution in [2.24, 2.45) is 0 Å². The molecule has 0 spiro atoms. The molecular weight excluding hydrogens is 381 g/mol. The van der Waals surface area contributed by atoms with Crippen molar-refractivity contribution in [3.63, 3.8) is 0 Å². The van der Waals surface area contributed by atoms with Gasteiger partial charge in [-0.05, 0) is 37.5 Å². The molecule has 0 aromatic heterocycles. The van der Waals surface area contributed by atoms with Gasteiger partial charge in [-0.1, -0.05) is 18.5 Å². The number of nitrogens with zero attached hydrogens (tertiary/aromatic N) is 1. The van der Waals surface area contributed by atoms with Gasteiger partial charge in [0.05, 0.1) is 16.3 Å². The van der Waals surface area contributed by atoms with Gasteiger partial charge in [-0.15, -0.1) is 0 Å². The van der Waals surface area contributed by atoms with E-state index in [1.54, 1.807) is 6.92 Å². The molecule has 0 unspecified atom stereocenters. The maximum Gasteiger partial charge on any atom is 0.417 e. The number of sulfonamides is 1. The van der Waals surface area contributed by atoms with E-state index in [0.29, 0.717) is 19.3 Å². The van der Waals surface area contributed by atoms with E-state index in [2.05, 4.69) is 5.32 Å². The molecule has 1 atom stereocenters. The second-order valence-corrected chi connectivity index (χ2v) is 8.21. The van der Waals surface area contributed by atoms with Crippen LogP contribution in [0, 0.1) is 0 Å². The monoisotopic (exact) mass is 398 g/mol. The average Bonchev–Trinajstić information content (AvgIpc) is 2.98. The Morgan fingerprint density at radius 2 is 2.08 bits per heavy atom. The number of rotatable bonds is 5. The normalized spacial score (nSPS) is 19.2. The molecule has 1 aromatic rings. The maximum atomic E-state index is 12.9. The molecule has 5 nitrogen and oxygen atoms in total. The zero-order valence-electron chi connectivity index (χ0n) is 13.4. The van der Waals surface area contributed by atoms with Crippen molar-refractivity contribution in [2.45, 2.75) is 38.4 Å². The van der Waals surface area contributed by atoms with Crippen molar-refractivity contribution in [3.05, 3.63) is 28.8 Å². The summed E-state index contributed by atoms with van der Waals surface area (Å²) < 4.78 is 64.2. The number of alkyl halides is 3. The van der Waals surface area contributed by atoms with Crippen molar-refractivity contribution in [3.8, 4) is 0 Å². The van der Waals surface area contributed by atoms with Gasteiger partial charge in [0.15, 0.2) is 0 Å². The van der Waals surface area contributed by atoms with Crippen molar-refractivity contribution in [2.75, 3.05) is 17.6 Å². The minimum atomic E-state index is -4.65. The van der Waals surface area contributed by atoms with Crippen LogP contribution in [-0.4, -0.2) is 37.0 Å². The second-order valence-electron chi connectivity index (χ2n) is 5.77. The third-order valence-electron chi connectivity index (χ3n) is 3.87. The summed E-state index contributed by atoms with van der Waals surface area (Å²) in [6.45, 7) is 1.95. The smallest absolute Gasteiger partial charge is 0.325 e. The molecule has 1 saturated heterocycles. The molecule has 0 saturated carbocycles. The second kappa shape index (κ2) is 7.51. The molecule has 1 heterocycles. The molecule has 25 heavy (non-hydrogen) atoms. The van der Waals surface area contributed by atoms with Crippen LogP contribution in [0.4, 0.5) is 18.9 Å². The molecule has 140 valence electrons. The highest BCUT2D eigenvalue weighted by molar-refractivity contribution is 7.89. The van der Waals surface area contributed by atoms with Crippen LogP contribution < -0.4 is 5.32 Å². The summed E-state index contributed by atoms with van der Waals surface area (Å²) in [5.74, 6) is -0.719. The Balaban J connectivity index is 2.19. The van der Waals surface area contributed by atoms with Crippen molar-refractivity contribution >= 4 is 33.2 Å². The van der Waals surface area contributed by atoms with E-state index < -0.39 is 38.7 Å². The van der Waals surface area contributed by atoms with E-state index in [4.69, 9.17) is 11.6 Å². The Morgan fingerprint density at radius 3 is 2.68 bits per heavy atom. The Hall–Kier alpha value is -1.32. The van der Waals surface area contributed by atoms with Crippen LogP contribution in [-0.2, 0) is 21.0 Å². The lowest BCUT2D eigenvalue weighted by Crippen LogP contribution is -2.44. The number of anilines is 1. The number of nitrogens with one attached hydrogen (secondary N) is 1. The number of benzene rings is 1. The van der Waals surface area contributed by atoms with Gasteiger partial charge in [0.25, 0.3) is 0 Å². The summed E-state index contributed by atoms with van der Waals surface area (Å²) in [6.07, 6.45) is -3.38. The number of amides is 1. The third kappa shape index (κ3) is 4.65. The first-order valence-corrected chi connectivity index (χ1v) is 9.72. The average molecular weight is 399 g/mol. The zero-order chi connectivity index (χ0) is 18.8. The van der Waals surface area contributed by atoms with E-state index in [1.165, 1.54) is 6.07 Å². The molecule has 2 rings (SSSR count). The van der Waals surface area contributed by atoms with E-state index in [1.807, 2.05) is 0 Å². The topological polar surface area (TPSA) is 66.5 Å². The minimum absolute atomic E-state index is 0.0735. The van der Waals surface area contributed by atoms with Crippen LogP contribution in [0.25, 0.3) is 0 Å². The fraction of sp³-hybridized carbons (Fsp3) is 0.533. The van der Waals surface area contributed by atoms with Crippen LogP contribution in [0.5, 0.6) is 0 Å². The summed E-state index contributed by atoms with van der Waals surface area (Å²) in [5.41, 5.74) is -1.14. The van der Waals surface area contributed by atoms with E-state index in [9.17, 15) is 26.4 Å². The van der Waals surface area contributed by atoms with Crippen molar-refractivity contribution in [1.29, 1.82) is 0 Å². The number of hydrogen-bond acceptors (Lipinski definition) is 3. The molecule has 0 aliphatic carbocycles. The molecule has 0 bridgehead atoms. The van der Waals surface area contributed by atoms with Gasteiger partial charge in [-0.3, -0.25) is 4.79 Å². The Morgan fingerprint density at radius 1 is 1.40 bits per heavy atom. The molecule has 1 aliphatic rings. The Kier molecular flexibility index (Phi) is 6.01. The molecule has 1 amide bonds. The van der Waals surface area contributed by atoms with Gasteiger partial charge in [0.2, 0.25) is 15.9 Å². The summed E-state index contributed by atoms with van der Waals surface area (Å²) in [4.78, 5) is 12.4. The highest BCUT2D eigenvalue weighted by Gasteiger charge is 2.38. The Bertz CT molecular complexity index is 753. The predicted molar refractivity (Wildman–Crippen MR) is 88.9 cm³/mol. The summed E-state index contributed by atoms with van der Waals surface area (Å²) in [6, 6.07) is 2.11. The van der Waals surface area contributed by atoms with E-state index >= 15 is 0 Å². The van der Waals surface area contributed by atoms with Gasteiger partial charge in [0.1, 0.15) is 6.04 Å². The van der Waals surface area contributed by atoms with Gasteiger partial charge >= 0.3 is 6.18 Å². The summed E-state index contributed by atoms with van der Waals surface area (Å²) >= 11 is 5.54. The quantitative estimate of drug-likeness (QED) is 0.825. The van der Waals surface area contributed by atoms with Crippen LogP contribution in [0.15, 0.2) is 18.2 Å². The number of halogens is 4. The van der Waals surface area contributed by atoms with Crippen LogP contribution in [0.1, 0.15) is 31.7 Å². The van der Waals surface area contributed by atoms with Gasteiger partial charge in [-0.25, -0.2) is 8.42 Å². The lowest BCUT2D eigenvalue weighted by molar-refractivity contribution is -0.137. The SMILES string of the molecule is CCCS(=O)(=O)N1CCC[C@@H]1C(=O)Nc1ccc(Cl)c(C(F)(F)F)c1. The predicted octanol–water partition coefficient (Wildman–Crippen LogP) is 3.50. The van der Waals surface area contributed by atoms with Crippen molar-refractivity contribution in [1.82, 2.24) is 4.31 Å². The molecule has 1 N–H and O–H groups in total. The summed E-state index contributed by atoms with van der Waals surface area (Å²) in [5, 5.41) is 1.89. The summed E-state index contributed by atoms with van der Waals surface area (Å²) in [7, 11) is -3.56. The van der Waals surface area contributed by atoms with Gasteiger partial charge in [0, 0.05) is 12.2 Å². The zero-order valence-corrected chi connectivity index (χ0v) is 15.0. The van der Waals surface area contributed by atoms with Gasteiger partial charge < -0.3 is 5.32 Å². The standard InChI is InChI=1S/C15H18ClF3N2O3S/c1-2-8-25(23,24)21-7-3-4-13(21)14(22)20-10-5-6-12(16)11(9-10)15(17,18)19/h5-6,9,13H,2-4,7-8H2,1H3,(H,20,22)/t13-/m1/s1. The maximum absolute atomic E-state index is 12.9. The fourth-order valence-corrected chi connectivity index (χ4v) is 4.73. The van der Waals surface area contributed by atoms with Crippen LogP contribution >= 0.6 is 11.6 Å². The van der Waals surface area contributed by atoms with Crippen LogP contribution in [0.2, 0.25) is 5.02 Å². The lowest BCUT2D eigenvalue weighted by Gasteiger charge is -2.23. The molecule has 10 heteroatoms. The first-order chi connectivity index (χ1) is 11.6. The highest BCUT2D eigenvalue weighted by atomic mass is 35.5. The Labute approximate surface area is 149 Å². The number of hydrogen-bond donors (Lipinski definition) is 1. The highest BCUT2D eigenvalue weighted by Crippen LogP contribution is 2.36. The molecular formula is C15H18ClF3N2O3S. The molecule has 1 aromatic carbocycles.